The van der Waals surface area contributed by atoms with Crippen molar-refractivity contribution < 1.29 is 14.7 Å². The highest BCUT2D eigenvalue weighted by molar-refractivity contribution is 7.16. The highest BCUT2D eigenvalue weighted by Gasteiger charge is 2.42. The molecule has 1 aliphatic rings. The predicted octanol–water partition coefficient (Wildman–Crippen LogP) is 0.379. The number of benzene rings is 1. The van der Waals surface area contributed by atoms with Gasteiger partial charge in [0.05, 0.1) is 27.6 Å². The van der Waals surface area contributed by atoms with Crippen molar-refractivity contribution in [2.75, 3.05) is 19.3 Å². The highest BCUT2D eigenvalue weighted by atomic mass is 32.1. The van der Waals surface area contributed by atoms with Gasteiger partial charge in [0.1, 0.15) is 0 Å². The minimum absolute atomic E-state index is 0.0576. The first kappa shape index (κ1) is 18.8. The number of hydrogen-bond acceptors (Lipinski definition) is 8. The number of primary amides is 1. The maximum atomic E-state index is 12.1. The molecule has 3 aromatic rings. The molecule has 146 valence electrons. The first-order valence-electron chi connectivity index (χ1n) is 8.59. The number of aliphatic hydroxyl groups is 1. The molecule has 1 aliphatic heterocycles. The second kappa shape index (κ2) is 6.80. The van der Waals surface area contributed by atoms with Crippen molar-refractivity contribution in [2.24, 2.45) is 5.73 Å². The Hall–Kier alpha value is -3.55. The van der Waals surface area contributed by atoms with E-state index >= 15 is 0 Å². The van der Waals surface area contributed by atoms with Crippen molar-refractivity contribution >= 4 is 39.2 Å². The van der Waals surface area contributed by atoms with Gasteiger partial charge in [-0.3, -0.25) is 9.59 Å². The molecule has 1 saturated heterocycles. The molecule has 29 heavy (non-hydrogen) atoms. The van der Waals surface area contributed by atoms with E-state index in [4.69, 9.17) is 11.5 Å². The number of carbonyl (C=O) groups is 2. The van der Waals surface area contributed by atoms with E-state index < -0.39 is 17.4 Å². The molecule has 5 N–H and O–H groups in total. The second-order valence-corrected chi connectivity index (χ2v) is 7.55. The molecule has 1 aromatic carbocycles. The zero-order valence-electron chi connectivity index (χ0n) is 15.3. The summed E-state index contributed by atoms with van der Waals surface area (Å²) >= 11 is 1.40. The van der Waals surface area contributed by atoms with Crippen LogP contribution in [0, 0.1) is 11.8 Å². The molecule has 3 heterocycles. The summed E-state index contributed by atoms with van der Waals surface area (Å²) in [5.41, 5.74) is 13.0. The fourth-order valence-electron chi connectivity index (χ4n) is 3.09. The maximum absolute atomic E-state index is 12.1. The van der Waals surface area contributed by atoms with Gasteiger partial charge in [-0.1, -0.05) is 11.8 Å². The average molecular weight is 408 g/mol. The van der Waals surface area contributed by atoms with Gasteiger partial charge >= 0.3 is 0 Å². The zero-order chi connectivity index (χ0) is 20.8. The van der Waals surface area contributed by atoms with E-state index in [1.54, 1.807) is 18.6 Å². The number of aromatic nitrogens is 3. The molecule has 2 amide bonds. The van der Waals surface area contributed by atoms with Crippen molar-refractivity contribution in [1.82, 2.24) is 19.9 Å². The number of anilines is 1. The lowest BCUT2D eigenvalue weighted by Crippen LogP contribution is -2.37. The Morgan fingerprint density at radius 3 is 2.86 bits per heavy atom. The highest BCUT2D eigenvalue weighted by Crippen LogP contribution is 2.31. The average Bonchev–Trinajstić information content (AvgIpc) is 3.27. The van der Waals surface area contributed by atoms with Crippen molar-refractivity contribution in [3.8, 4) is 23.1 Å². The van der Waals surface area contributed by atoms with Crippen LogP contribution in [0.15, 0.2) is 23.8 Å². The van der Waals surface area contributed by atoms with Gasteiger partial charge in [0.2, 0.25) is 5.60 Å². The van der Waals surface area contributed by atoms with Crippen LogP contribution in [0.4, 0.5) is 5.82 Å². The fourth-order valence-corrected chi connectivity index (χ4v) is 3.83. The molecule has 2 aromatic heterocycles. The predicted molar refractivity (Wildman–Crippen MR) is 108 cm³/mol. The molecule has 0 radical (unpaired) electrons. The second-order valence-electron chi connectivity index (χ2n) is 6.66. The summed E-state index contributed by atoms with van der Waals surface area (Å²) < 4.78 is 0.827. The SMILES string of the molecule is CN1CC[C@@](O)(C#Cc2cc(-c3cnc(N)c(C(N)=O)n3)c3ncsc3c2)C1=O. The van der Waals surface area contributed by atoms with Gasteiger partial charge in [-0.2, -0.15) is 0 Å². The summed E-state index contributed by atoms with van der Waals surface area (Å²) in [6.07, 6.45) is 1.67. The summed E-state index contributed by atoms with van der Waals surface area (Å²) in [4.78, 5) is 37.7. The number of nitrogens with zero attached hydrogens (tertiary/aromatic N) is 4. The van der Waals surface area contributed by atoms with Crippen LogP contribution < -0.4 is 11.5 Å². The standard InChI is InChI=1S/C19H16N6O3S/c1-25-5-4-19(28,18(25)27)3-2-10-6-11(14-13(7-10)29-9-23-14)12-8-22-16(20)15(24-12)17(21)26/h6-9,28H,4-5H2,1H3,(H2,20,22)(H2,21,26)/t19-/m0/s1. The maximum Gasteiger partial charge on any atom is 0.271 e. The van der Waals surface area contributed by atoms with E-state index in [9.17, 15) is 14.7 Å². The molecule has 4 rings (SSSR count). The van der Waals surface area contributed by atoms with E-state index in [1.807, 2.05) is 6.07 Å². The number of likely N-dealkylation sites (N-methyl/N-ethyl adjacent to an activating group) is 1. The molecular formula is C19H16N6O3S. The Bertz CT molecular complexity index is 1230. The molecule has 0 aliphatic carbocycles. The minimum Gasteiger partial charge on any atom is -0.382 e. The number of nitrogen functional groups attached to an aromatic ring is 1. The molecule has 10 heteroatoms. The lowest BCUT2D eigenvalue weighted by Gasteiger charge is -2.13. The van der Waals surface area contributed by atoms with Crippen molar-refractivity contribution in [1.29, 1.82) is 0 Å². The summed E-state index contributed by atoms with van der Waals surface area (Å²) in [5, 5.41) is 10.5. The van der Waals surface area contributed by atoms with Gasteiger partial charge in [-0.15, -0.1) is 11.3 Å². The van der Waals surface area contributed by atoms with Crippen LogP contribution in [0.25, 0.3) is 21.5 Å². The molecule has 0 saturated carbocycles. The monoisotopic (exact) mass is 408 g/mol. The first-order valence-corrected chi connectivity index (χ1v) is 9.47. The third-order valence-corrected chi connectivity index (χ3v) is 5.45. The van der Waals surface area contributed by atoms with Gasteiger partial charge < -0.3 is 21.5 Å². The van der Waals surface area contributed by atoms with Crippen LogP contribution in [0.5, 0.6) is 0 Å². The Labute approximate surface area is 169 Å². The first-order chi connectivity index (χ1) is 13.8. The molecular weight excluding hydrogens is 392 g/mol. The molecule has 0 bridgehead atoms. The Morgan fingerprint density at radius 2 is 2.17 bits per heavy atom. The largest absolute Gasteiger partial charge is 0.382 e. The van der Waals surface area contributed by atoms with Gasteiger partial charge in [-0.25, -0.2) is 15.0 Å². The third kappa shape index (κ3) is 3.26. The zero-order valence-corrected chi connectivity index (χ0v) is 16.2. The van der Waals surface area contributed by atoms with Crippen LogP contribution >= 0.6 is 11.3 Å². The van der Waals surface area contributed by atoms with Gasteiger partial charge in [0.15, 0.2) is 11.5 Å². The lowest BCUT2D eigenvalue weighted by atomic mass is 10.0. The normalized spacial score (nSPS) is 18.7. The smallest absolute Gasteiger partial charge is 0.271 e. The van der Waals surface area contributed by atoms with Crippen molar-refractivity contribution in [2.45, 2.75) is 12.0 Å². The Morgan fingerprint density at radius 1 is 1.38 bits per heavy atom. The Kier molecular flexibility index (Phi) is 4.41. The fraction of sp³-hybridized carbons (Fsp3) is 0.211. The summed E-state index contributed by atoms with van der Waals surface area (Å²) in [7, 11) is 1.62. The Balaban J connectivity index is 1.83. The number of rotatable bonds is 2. The number of nitrogens with two attached hydrogens (primary N) is 2. The molecule has 0 spiro atoms. The van der Waals surface area contributed by atoms with E-state index in [0.717, 1.165) is 4.70 Å². The quantitative estimate of drug-likeness (QED) is 0.519. The number of hydrogen-bond donors (Lipinski definition) is 3. The van der Waals surface area contributed by atoms with Crippen molar-refractivity contribution in [3.63, 3.8) is 0 Å². The summed E-state index contributed by atoms with van der Waals surface area (Å²) in [6.45, 7) is 0.445. The third-order valence-electron chi connectivity index (χ3n) is 4.67. The van der Waals surface area contributed by atoms with Gasteiger partial charge in [-0.05, 0) is 12.1 Å². The molecule has 1 atom stereocenters. The molecule has 9 nitrogen and oxygen atoms in total. The van der Waals surface area contributed by atoms with Crippen LogP contribution in [-0.4, -0.2) is 56.0 Å². The lowest BCUT2D eigenvalue weighted by molar-refractivity contribution is -0.137. The van der Waals surface area contributed by atoms with E-state index in [2.05, 4.69) is 26.8 Å². The van der Waals surface area contributed by atoms with Crippen LogP contribution in [-0.2, 0) is 4.79 Å². The number of carbonyl (C=O) groups excluding carboxylic acids is 2. The van der Waals surface area contributed by atoms with E-state index in [-0.39, 0.29) is 17.9 Å². The topological polar surface area (TPSA) is 148 Å². The van der Waals surface area contributed by atoms with E-state index in [0.29, 0.717) is 28.9 Å². The van der Waals surface area contributed by atoms with Crippen LogP contribution in [0.1, 0.15) is 22.5 Å². The van der Waals surface area contributed by atoms with Crippen LogP contribution in [0.3, 0.4) is 0 Å². The number of amides is 2. The molecule has 0 unspecified atom stereocenters. The van der Waals surface area contributed by atoms with Gasteiger partial charge in [0.25, 0.3) is 11.8 Å². The molecule has 1 fully saturated rings. The van der Waals surface area contributed by atoms with Gasteiger partial charge in [0, 0.05) is 31.1 Å². The number of likely N-dealkylation sites (tertiary alicyclic amines) is 1. The van der Waals surface area contributed by atoms with Crippen LogP contribution in [0.2, 0.25) is 0 Å². The number of fused-ring (bicyclic) bond motifs is 1. The minimum atomic E-state index is -1.70. The number of thiazole rings is 1. The summed E-state index contributed by atoms with van der Waals surface area (Å²) in [6, 6.07) is 3.53. The summed E-state index contributed by atoms with van der Waals surface area (Å²) in [5.74, 6) is 4.32. The van der Waals surface area contributed by atoms with E-state index in [1.165, 1.54) is 22.4 Å². The van der Waals surface area contributed by atoms with Crippen molar-refractivity contribution in [3.05, 3.63) is 35.1 Å².